The second kappa shape index (κ2) is 6.56. The van der Waals surface area contributed by atoms with Gasteiger partial charge in [-0.2, -0.15) is 0 Å². The van der Waals surface area contributed by atoms with Crippen LogP contribution in [0.15, 0.2) is 6.07 Å². The molecule has 0 aliphatic heterocycles. The van der Waals surface area contributed by atoms with Gasteiger partial charge in [0.05, 0.1) is 0 Å². The molecule has 0 saturated heterocycles. The predicted molar refractivity (Wildman–Crippen MR) is 52.3 cm³/mol. The summed E-state index contributed by atoms with van der Waals surface area (Å²) in [5.41, 5.74) is 3.89. The first-order valence-corrected chi connectivity index (χ1v) is 4.33. The molecule has 0 bridgehead atoms. The molecule has 0 aliphatic rings. The Labute approximate surface area is 127 Å². The fraction of sp³-hybridized carbons (Fsp3) is 0.500. The second-order valence-corrected chi connectivity index (χ2v) is 4.35. The summed E-state index contributed by atoms with van der Waals surface area (Å²) in [5, 5.41) is 0. The molecule has 0 atom stereocenters. The third-order valence-corrected chi connectivity index (χ3v) is 1.96. The number of hydrogen-bond donors (Lipinski definition) is 0. The van der Waals surface area contributed by atoms with E-state index in [1.165, 1.54) is 11.1 Å². The standard InChI is InChI=1S/C12H16.W.Y/c1-9-6-7-10(2)11(8-9)12(3,4)5;;/h7H,1-5H3;;/q-2;;. The van der Waals surface area contributed by atoms with Crippen LogP contribution in [0.4, 0.5) is 0 Å². The Morgan fingerprint density at radius 1 is 1.14 bits per heavy atom. The van der Waals surface area contributed by atoms with E-state index in [1.807, 2.05) is 13.0 Å². The molecule has 0 fully saturated rings. The van der Waals surface area contributed by atoms with Crippen molar-refractivity contribution in [2.24, 2.45) is 0 Å². The first-order valence-electron chi connectivity index (χ1n) is 4.33. The normalized spacial score (nSPS) is 10.1. The maximum atomic E-state index is 3.36. The van der Waals surface area contributed by atoms with Crippen LogP contribution in [0.3, 0.4) is 0 Å². The Balaban J connectivity index is 0. The van der Waals surface area contributed by atoms with E-state index in [0.717, 1.165) is 5.56 Å². The summed E-state index contributed by atoms with van der Waals surface area (Å²) in [5.74, 6) is 0. The molecule has 0 aliphatic carbocycles. The monoisotopic (exact) mass is 433 g/mol. The van der Waals surface area contributed by atoms with Gasteiger partial charge in [-0.3, -0.25) is 22.8 Å². The van der Waals surface area contributed by atoms with Crippen LogP contribution in [0.2, 0.25) is 0 Å². The smallest absolute Gasteiger partial charge is 0 e. The molecule has 0 spiro atoms. The molecule has 0 saturated carbocycles. The summed E-state index contributed by atoms with van der Waals surface area (Å²) < 4.78 is 0. The van der Waals surface area contributed by atoms with Gasteiger partial charge >= 0.3 is 0 Å². The van der Waals surface area contributed by atoms with Gasteiger partial charge in [-0.1, -0.05) is 33.1 Å². The van der Waals surface area contributed by atoms with Crippen LogP contribution in [-0.4, -0.2) is 0 Å². The quantitative estimate of drug-likeness (QED) is 0.552. The summed E-state index contributed by atoms with van der Waals surface area (Å²) >= 11 is 0. The van der Waals surface area contributed by atoms with Crippen LogP contribution in [0, 0.1) is 26.0 Å². The van der Waals surface area contributed by atoms with Crippen LogP contribution in [0.1, 0.15) is 37.5 Å². The van der Waals surface area contributed by atoms with Crippen LogP contribution in [0.5, 0.6) is 0 Å². The van der Waals surface area contributed by atoms with Gasteiger partial charge in [0, 0.05) is 53.8 Å². The molecule has 1 radical (unpaired) electrons. The van der Waals surface area contributed by atoms with Crippen molar-refractivity contribution < 1.29 is 53.8 Å². The minimum absolute atomic E-state index is 0. The van der Waals surface area contributed by atoms with E-state index in [1.54, 1.807) is 0 Å². The SMILES string of the molecule is Cc1[c-]cc(C)c(C(C)(C)C)[c-]1.[W].[Y]. The maximum absolute atomic E-state index is 3.36. The summed E-state index contributed by atoms with van der Waals surface area (Å²) in [4.78, 5) is 0. The molecule has 2 heteroatoms. The molecule has 0 aromatic heterocycles. The minimum Gasteiger partial charge on any atom is -0.356 e. The molecular weight excluding hydrogens is 417 g/mol. The summed E-state index contributed by atoms with van der Waals surface area (Å²) in [6.07, 6.45) is 0. The van der Waals surface area contributed by atoms with E-state index >= 15 is 0 Å². The van der Waals surface area contributed by atoms with Crippen molar-refractivity contribution >= 4 is 0 Å². The predicted octanol–water partition coefficient (Wildman–Crippen LogP) is 3.20. The fourth-order valence-corrected chi connectivity index (χ4v) is 1.39. The van der Waals surface area contributed by atoms with Crippen molar-refractivity contribution in [2.45, 2.75) is 40.0 Å². The zero-order chi connectivity index (χ0) is 9.35. The van der Waals surface area contributed by atoms with Gasteiger partial charge in [-0.25, -0.2) is 0 Å². The number of rotatable bonds is 0. The van der Waals surface area contributed by atoms with E-state index in [2.05, 4.69) is 39.8 Å². The summed E-state index contributed by atoms with van der Waals surface area (Å²) in [6.45, 7) is 10.8. The number of hydrogen-bond acceptors (Lipinski definition) is 0. The molecule has 0 unspecified atom stereocenters. The largest absolute Gasteiger partial charge is 0.356 e. The fourth-order valence-electron chi connectivity index (χ4n) is 1.39. The van der Waals surface area contributed by atoms with Crippen molar-refractivity contribution in [3.8, 4) is 0 Å². The third-order valence-electron chi connectivity index (χ3n) is 1.96. The van der Waals surface area contributed by atoms with Gasteiger partial charge in [0.2, 0.25) is 0 Å². The molecule has 0 amide bonds. The zero-order valence-corrected chi connectivity index (χ0v) is 15.3. The molecule has 0 nitrogen and oxygen atoms in total. The average molecular weight is 433 g/mol. The molecular formula is C12H16WY-2. The van der Waals surface area contributed by atoms with Crippen LogP contribution in [-0.2, 0) is 59.2 Å². The Kier molecular flexibility index (Phi) is 8.16. The molecule has 1 aromatic carbocycles. The molecule has 1 rings (SSSR count). The Morgan fingerprint density at radius 3 is 2.00 bits per heavy atom. The second-order valence-electron chi connectivity index (χ2n) is 4.35. The van der Waals surface area contributed by atoms with Crippen LogP contribution in [0.25, 0.3) is 0 Å². The maximum Gasteiger partial charge on any atom is 0 e. The molecule has 14 heavy (non-hydrogen) atoms. The van der Waals surface area contributed by atoms with E-state index in [-0.39, 0.29) is 59.2 Å². The van der Waals surface area contributed by atoms with Crippen molar-refractivity contribution in [3.63, 3.8) is 0 Å². The number of aryl methyl sites for hydroxylation is 2. The van der Waals surface area contributed by atoms with E-state index in [0.29, 0.717) is 0 Å². The molecule has 1 aromatic rings. The van der Waals surface area contributed by atoms with Crippen molar-refractivity contribution in [1.82, 2.24) is 0 Å². The Morgan fingerprint density at radius 2 is 1.64 bits per heavy atom. The van der Waals surface area contributed by atoms with Gasteiger partial charge in [-0.15, -0.1) is 6.92 Å². The van der Waals surface area contributed by atoms with E-state index < -0.39 is 0 Å². The van der Waals surface area contributed by atoms with Gasteiger partial charge in [0.15, 0.2) is 0 Å². The van der Waals surface area contributed by atoms with Crippen molar-refractivity contribution in [1.29, 1.82) is 0 Å². The van der Waals surface area contributed by atoms with Crippen molar-refractivity contribution in [3.05, 3.63) is 34.9 Å². The van der Waals surface area contributed by atoms with Crippen LogP contribution < -0.4 is 0 Å². The van der Waals surface area contributed by atoms with Gasteiger partial charge in [0.1, 0.15) is 0 Å². The Bertz CT molecular complexity index is 287. The van der Waals surface area contributed by atoms with Crippen LogP contribution >= 0.6 is 0 Å². The van der Waals surface area contributed by atoms with E-state index in [9.17, 15) is 0 Å². The van der Waals surface area contributed by atoms with Gasteiger partial charge in [-0.05, 0) is 0 Å². The number of benzene rings is 1. The molecule has 0 heterocycles. The first-order chi connectivity index (χ1) is 5.41. The van der Waals surface area contributed by atoms with Gasteiger partial charge in [0.25, 0.3) is 0 Å². The molecule has 0 N–H and O–H groups in total. The minimum atomic E-state index is 0. The average Bonchev–Trinajstić information content (AvgIpc) is 1.92. The van der Waals surface area contributed by atoms with E-state index in [4.69, 9.17) is 0 Å². The van der Waals surface area contributed by atoms with Crippen molar-refractivity contribution in [2.75, 3.05) is 0 Å². The molecule has 75 valence electrons. The third kappa shape index (κ3) is 4.69. The first kappa shape index (κ1) is 17.4. The summed E-state index contributed by atoms with van der Waals surface area (Å²) in [7, 11) is 0. The van der Waals surface area contributed by atoms with Gasteiger partial charge < -0.3 is 12.1 Å². The topological polar surface area (TPSA) is 0 Å². The summed E-state index contributed by atoms with van der Waals surface area (Å²) in [6, 6.07) is 8.56. The Hall–Kier alpha value is 1.01. The zero-order valence-electron chi connectivity index (χ0n) is 9.56.